The molecule has 1 saturated carbocycles. The second-order valence-corrected chi connectivity index (χ2v) is 8.22. The van der Waals surface area contributed by atoms with Gasteiger partial charge in [-0.05, 0) is 38.6 Å². The van der Waals surface area contributed by atoms with E-state index in [2.05, 4.69) is 19.8 Å². The van der Waals surface area contributed by atoms with Crippen LogP contribution < -0.4 is 4.72 Å². The molecule has 1 saturated heterocycles. The molecule has 1 aliphatic heterocycles. The molecule has 124 valence electrons. The van der Waals surface area contributed by atoms with Crippen LogP contribution in [0.2, 0.25) is 0 Å². The third-order valence-electron chi connectivity index (χ3n) is 4.34. The number of hydrogen-bond donors (Lipinski definition) is 1. The van der Waals surface area contributed by atoms with Crippen LogP contribution in [0.4, 0.5) is 0 Å². The zero-order valence-electron chi connectivity index (χ0n) is 13.0. The van der Waals surface area contributed by atoms with Crippen molar-refractivity contribution in [3.8, 4) is 0 Å². The summed E-state index contributed by atoms with van der Waals surface area (Å²) in [6, 6.07) is 0.374. The number of nitrogens with zero attached hydrogens (tertiary/aromatic N) is 3. The molecule has 1 aliphatic carbocycles. The number of rotatable bonds is 7. The van der Waals surface area contributed by atoms with Crippen LogP contribution in [0.15, 0.2) is 4.42 Å². The Hall–Kier alpha value is -0.990. The summed E-state index contributed by atoms with van der Waals surface area (Å²) in [5.74, 6) is 1.95. The van der Waals surface area contributed by atoms with Gasteiger partial charge >= 0.3 is 0 Å². The number of piperidine rings is 1. The fraction of sp³-hybridized carbons (Fsp3) is 0.857. The van der Waals surface area contributed by atoms with Gasteiger partial charge in [0.1, 0.15) is 0 Å². The van der Waals surface area contributed by atoms with Crippen molar-refractivity contribution in [2.24, 2.45) is 0 Å². The second kappa shape index (κ2) is 6.64. The molecule has 0 amide bonds. The van der Waals surface area contributed by atoms with Crippen molar-refractivity contribution in [1.82, 2.24) is 19.8 Å². The molecule has 1 aromatic rings. The van der Waals surface area contributed by atoms with Crippen molar-refractivity contribution in [1.29, 1.82) is 0 Å². The zero-order chi connectivity index (χ0) is 15.6. The molecule has 2 aliphatic rings. The Balaban J connectivity index is 1.54. The fourth-order valence-electron chi connectivity index (χ4n) is 3.01. The first-order valence-corrected chi connectivity index (χ1v) is 9.91. The Morgan fingerprint density at radius 3 is 2.82 bits per heavy atom. The molecule has 3 rings (SSSR count). The van der Waals surface area contributed by atoms with E-state index < -0.39 is 10.0 Å². The van der Waals surface area contributed by atoms with E-state index in [-0.39, 0.29) is 0 Å². The van der Waals surface area contributed by atoms with Crippen molar-refractivity contribution < 1.29 is 12.8 Å². The van der Waals surface area contributed by atoms with E-state index in [0.29, 0.717) is 30.9 Å². The zero-order valence-corrected chi connectivity index (χ0v) is 13.8. The average molecular weight is 328 g/mol. The third kappa shape index (κ3) is 4.50. The third-order valence-corrected chi connectivity index (χ3v) is 5.07. The summed E-state index contributed by atoms with van der Waals surface area (Å²) in [6.07, 6.45) is 7.78. The lowest BCUT2D eigenvalue weighted by atomic mass is 9.99. The molecule has 7 nitrogen and oxygen atoms in total. The van der Waals surface area contributed by atoms with Gasteiger partial charge in [0.05, 0.1) is 12.8 Å². The maximum atomic E-state index is 11.2. The summed E-state index contributed by atoms with van der Waals surface area (Å²) >= 11 is 0. The number of nitrogens with one attached hydrogen (secondary N) is 1. The molecule has 2 heterocycles. The van der Waals surface area contributed by atoms with Crippen LogP contribution in [0.3, 0.4) is 0 Å². The average Bonchev–Trinajstić information content (AvgIpc) is 3.20. The van der Waals surface area contributed by atoms with E-state index in [1.165, 1.54) is 19.1 Å². The largest absolute Gasteiger partial charge is 0.424 e. The molecule has 1 N–H and O–H groups in total. The van der Waals surface area contributed by atoms with Gasteiger partial charge in [-0.3, -0.25) is 4.90 Å². The molecular formula is C14H24N4O3S. The lowest BCUT2D eigenvalue weighted by Gasteiger charge is -2.34. The Labute approximate surface area is 131 Å². The van der Waals surface area contributed by atoms with Gasteiger partial charge < -0.3 is 4.42 Å². The summed E-state index contributed by atoms with van der Waals surface area (Å²) in [7, 11) is -3.11. The highest BCUT2D eigenvalue weighted by atomic mass is 32.2. The maximum Gasteiger partial charge on any atom is 0.230 e. The summed E-state index contributed by atoms with van der Waals surface area (Å²) in [5.41, 5.74) is 0. The van der Waals surface area contributed by atoms with Crippen LogP contribution in [-0.2, 0) is 16.6 Å². The van der Waals surface area contributed by atoms with Crippen molar-refractivity contribution in [3.05, 3.63) is 11.8 Å². The van der Waals surface area contributed by atoms with Gasteiger partial charge in [0.15, 0.2) is 0 Å². The van der Waals surface area contributed by atoms with Crippen molar-refractivity contribution in [3.63, 3.8) is 0 Å². The van der Waals surface area contributed by atoms with Crippen LogP contribution in [-0.4, -0.2) is 48.9 Å². The topological polar surface area (TPSA) is 88.3 Å². The van der Waals surface area contributed by atoms with Gasteiger partial charge in [0.2, 0.25) is 21.8 Å². The first kappa shape index (κ1) is 15.9. The van der Waals surface area contributed by atoms with Gasteiger partial charge in [0.25, 0.3) is 0 Å². The van der Waals surface area contributed by atoms with E-state index in [9.17, 15) is 8.42 Å². The monoisotopic (exact) mass is 328 g/mol. The summed E-state index contributed by atoms with van der Waals surface area (Å²) < 4.78 is 30.6. The van der Waals surface area contributed by atoms with Gasteiger partial charge in [-0.1, -0.05) is 6.42 Å². The van der Waals surface area contributed by atoms with Crippen molar-refractivity contribution >= 4 is 10.0 Å². The highest BCUT2D eigenvalue weighted by molar-refractivity contribution is 7.88. The van der Waals surface area contributed by atoms with Gasteiger partial charge in [-0.15, -0.1) is 10.2 Å². The molecule has 0 radical (unpaired) electrons. The van der Waals surface area contributed by atoms with Crippen LogP contribution in [0.5, 0.6) is 0 Å². The summed E-state index contributed by atoms with van der Waals surface area (Å²) in [4.78, 5) is 2.34. The van der Waals surface area contributed by atoms with Gasteiger partial charge in [-0.2, -0.15) is 0 Å². The van der Waals surface area contributed by atoms with E-state index in [0.717, 1.165) is 38.1 Å². The molecule has 8 heteroatoms. The van der Waals surface area contributed by atoms with E-state index in [1.807, 2.05) is 0 Å². The van der Waals surface area contributed by atoms with Crippen LogP contribution in [0.25, 0.3) is 0 Å². The fourth-order valence-corrected chi connectivity index (χ4v) is 3.49. The highest BCUT2D eigenvalue weighted by Crippen LogP contribution is 2.39. The minimum Gasteiger partial charge on any atom is -0.424 e. The maximum absolute atomic E-state index is 11.2. The number of hydrogen-bond acceptors (Lipinski definition) is 6. The SMILES string of the molecule is CS(=O)(=O)NCCC1CCCCN1Cc1nnc(C2CC2)o1. The molecule has 2 fully saturated rings. The van der Waals surface area contributed by atoms with Gasteiger partial charge in [-0.25, -0.2) is 13.1 Å². The Bertz CT molecular complexity index is 597. The standard InChI is InChI=1S/C14H24N4O3S/c1-22(19,20)15-8-7-12-4-2-3-9-18(12)10-13-16-17-14(21-13)11-5-6-11/h11-12,15H,2-10H2,1H3. The van der Waals surface area contributed by atoms with Crippen LogP contribution in [0.1, 0.15) is 56.2 Å². The Morgan fingerprint density at radius 1 is 1.27 bits per heavy atom. The minimum absolute atomic E-state index is 0.374. The number of sulfonamides is 1. The predicted octanol–water partition coefficient (Wildman–Crippen LogP) is 1.24. The lowest BCUT2D eigenvalue weighted by Crippen LogP contribution is -2.41. The molecule has 1 aromatic heterocycles. The number of likely N-dealkylation sites (tertiary alicyclic amines) is 1. The molecule has 0 spiro atoms. The smallest absolute Gasteiger partial charge is 0.230 e. The lowest BCUT2D eigenvalue weighted by molar-refractivity contribution is 0.121. The van der Waals surface area contributed by atoms with E-state index in [1.54, 1.807) is 0 Å². The highest BCUT2D eigenvalue weighted by Gasteiger charge is 2.30. The van der Waals surface area contributed by atoms with Gasteiger partial charge in [0, 0.05) is 18.5 Å². The molecule has 22 heavy (non-hydrogen) atoms. The Morgan fingerprint density at radius 2 is 2.09 bits per heavy atom. The van der Waals surface area contributed by atoms with Crippen LogP contribution >= 0.6 is 0 Å². The normalized spacial score (nSPS) is 23.8. The molecule has 1 unspecified atom stereocenters. The minimum atomic E-state index is -3.11. The molecule has 0 bridgehead atoms. The molecule has 1 atom stereocenters. The van der Waals surface area contributed by atoms with Crippen molar-refractivity contribution in [2.45, 2.75) is 57.0 Å². The predicted molar refractivity (Wildman–Crippen MR) is 81.8 cm³/mol. The van der Waals surface area contributed by atoms with E-state index in [4.69, 9.17) is 4.42 Å². The second-order valence-electron chi connectivity index (χ2n) is 6.38. The molecular weight excluding hydrogens is 304 g/mol. The van der Waals surface area contributed by atoms with E-state index >= 15 is 0 Å². The molecule has 0 aromatic carbocycles. The summed E-state index contributed by atoms with van der Waals surface area (Å²) in [6.45, 7) is 2.16. The first-order chi connectivity index (χ1) is 10.5. The number of aromatic nitrogens is 2. The van der Waals surface area contributed by atoms with Crippen LogP contribution in [0, 0.1) is 0 Å². The summed E-state index contributed by atoms with van der Waals surface area (Å²) in [5, 5.41) is 8.28. The van der Waals surface area contributed by atoms with Crippen molar-refractivity contribution in [2.75, 3.05) is 19.3 Å². The quantitative estimate of drug-likeness (QED) is 0.810. The Kier molecular flexibility index (Phi) is 4.79. The first-order valence-electron chi connectivity index (χ1n) is 8.02.